The number of methoxy groups -OCH3 is 1. The molecule has 0 radical (unpaired) electrons. The van der Waals surface area contributed by atoms with Gasteiger partial charge >= 0.3 is 0 Å². The molecule has 0 bridgehead atoms. The van der Waals surface area contributed by atoms with E-state index in [9.17, 15) is 4.79 Å². The van der Waals surface area contributed by atoms with Crippen LogP contribution < -0.4 is 10.1 Å². The number of hydrogen-bond donors (Lipinski definition) is 1. The van der Waals surface area contributed by atoms with Crippen LogP contribution in [0.1, 0.15) is 37.1 Å². The summed E-state index contributed by atoms with van der Waals surface area (Å²) in [6, 6.07) is 10.7. The number of amides is 1. The molecule has 1 amide bonds. The van der Waals surface area contributed by atoms with Gasteiger partial charge in [-0.2, -0.15) is 4.98 Å². The van der Waals surface area contributed by atoms with Crippen LogP contribution in [0, 0.1) is 0 Å². The number of hydrogen-bond acceptors (Lipinski definition) is 7. The molecule has 1 N–H and O–H groups in total. The van der Waals surface area contributed by atoms with Gasteiger partial charge < -0.3 is 14.6 Å². The van der Waals surface area contributed by atoms with Gasteiger partial charge in [-0.15, -0.1) is 0 Å². The number of anilines is 1. The van der Waals surface area contributed by atoms with Crippen molar-refractivity contribution in [1.29, 1.82) is 0 Å². The zero-order valence-electron chi connectivity index (χ0n) is 17.7. The van der Waals surface area contributed by atoms with E-state index >= 15 is 0 Å². The third-order valence-corrected chi connectivity index (χ3v) is 4.50. The van der Waals surface area contributed by atoms with Gasteiger partial charge in [-0.1, -0.05) is 32.0 Å². The molecule has 158 valence electrons. The summed E-state index contributed by atoms with van der Waals surface area (Å²) in [4.78, 5) is 25.8. The standard InChI is InChI=1S/C22H22N6O3/c1-22(2,3)21-26-20(31-27-21)16-9-6-10-23-18(16)28-12-17(24-13-28)19(29)25-14-7-5-8-15(11-14)30-4/h5-13H,1-4H3,(H,25,29). The average molecular weight is 418 g/mol. The van der Waals surface area contributed by atoms with Crippen LogP contribution in [0.3, 0.4) is 0 Å². The Morgan fingerprint density at radius 3 is 2.74 bits per heavy atom. The van der Waals surface area contributed by atoms with Gasteiger partial charge in [0.25, 0.3) is 11.8 Å². The van der Waals surface area contributed by atoms with Gasteiger partial charge in [-0.05, 0) is 24.3 Å². The Hall–Kier alpha value is -4.01. The van der Waals surface area contributed by atoms with Crippen LogP contribution in [-0.2, 0) is 5.41 Å². The highest BCUT2D eigenvalue weighted by Gasteiger charge is 2.23. The number of carbonyl (C=O) groups is 1. The first-order chi connectivity index (χ1) is 14.8. The first-order valence-corrected chi connectivity index (χ1v) is 9.64. The number of pyridine rings is 1. The van der Waals surface area contributed by atoms with Gasteiger partial charge in [0.1, 0.15) is 17.8 Å². The topological polar surface area (TPSA) is 108 Å². The summed E-state index contributed by atoms with van der Waals surface area (Å²) >= 11 is 0. The number of aromatic nitrogens is 5. The maximum absolute atomic E-state index is 12.6. The van der Waals surface area contributed by atoms with Crippen molar-refractivity contribution in [2.24, 2.45) is 0 Å². The fraction of sp³-hybridized carbons (Fsp3) is 0.227. The molecule has 4 aromatic rings. The quantitative estimate of drug-likeness (QED) is 0.524. The highest BCUT2D eigenvalue weighted by molar-refractivity contribution is 6.02. The lowest BCUT2D eigenvalue weighted by Crippen LogP contribution is -2.13. The fourth-order valence-electron chi connectivity index (χ4n) is 2.86. The zero-order chi connectivity index (χ0) is 22.0. The average Bonchev–Trinajstić information content (AvgIpc) is 3.44. The number of nitrogens with zero attached hydrogens (tertiary/aromatic N) is 5. The minimum Gasteiger partial charge on any atom is -0.497 e. The lowest BCUT2D eigenvalue weighted by molar-refractivity contribution is 0.102. The Bertz CT molecular complexity index is 1220. The molecule has 9 heteroatoms. The summed E-state index contributed by atoms with van der Waals surface area (Å²) in [5, 5.41) is 6.89. The van der Waals surface area contributed by atoms with E-state index in [1.807, 2.05) is 26.8 Å². The molecule has 0 fully saturated rings. The van der Waals surface area contributed by atoms with Crippen LogP contribution >= 0.6 is 0 Å². The molecule has 9 nitrogen and oxygen atoms in total. The second-order valence-electron chi connectivity index (χ2n) is 7.90. The molecule has 31 heavy (non-hydrogen) atoms. The van der Waals surface area contributed by atoms with E-state index in [-0.39, 0.29) is 17.0 Å². The van der Waals surface area contributed by atoms with Crippen LogP contribution in [-0.4, -0.2) is 37.7 Å². The number of carbonyl (C=O) groups excluding carboxylic acids is 1. The Kier molecular flexibility index (Phi) is 5.24. The summed E-state index contributed by atoms with van der Waals surface area (Å²) in [5.41, 5.74) is 1.24. The molecule has 3 heterocycles. The predicted octanol–water partition coefficient (Wildman–Crippen LogP) is 3.88. The minimum absolute atomic E-state index is 0.236. The van der Waals surface area contributed by atoms with Crippen LogP contribution in [0.5, 0.6) is 5.75 Å². The molecule has 0 saturated heterocycles. The Labute approximate surface area is 179 Å². The molecular weight excluding hydrogens is 396 g/mol. The van der Waals surface area contributed by atoms with Crippen molar-refractivity contribution in [3.05, 3.63) is 66.6 Å². The fourth-order valence-corrected chi connectivity index (χ4v) is 2.86. The summed E-state index contributed by atoms with van der Waals surface area (Å²) < 4.78 is 12.3. The Morgan fingerprint density at radius 2 is 2.00 bits per heavy atom. The van der Waals surface area contributed by atoms with E-state index in [1.165, 1.54) is 6.33 Å². The molecule has 0 aliphatic carbocycles. The first kappa shape index (κ1) is 20.3. The van der Waals surface area contributed by atoms with Crippen LogP contribution in [0.2, 0.25) is 0 Å². The third kappa shape index (κ3) is 4.30. The SMILES string of the molecule is COc1cccc(NC(=O)c2cn(-c3ncccc3-c3nc(C(C)(C)C)no3)cn2)c1. The summed E-state index contributed by atoms with van der Waals surface area (Å²) in [7, 11) is 1.57. The van der Waals surface area contributed by atoms with E-state index in [2.05, 4.69) is 25.4 Å². The number of ether oxygens (including phenoxy) is 1. The van der Waals surface area contributed by atoms with Gasteiger partial charge in [-0.3, -0.25) is 9.36 Å². The minimum atomic E-state index is -0.350. The highest BCUT2D eigenvalue weighted by atomic mass is 16.5. The Balaban J connectivity index is 1.61. The molecule has 1 aromatic carbocycles. The Morgan fingerprint density at radius 1 is 1.16 bits per heavy atom. The molecule has 0 saturated carbocycles. The van der Waals surface area contributed by atoms with Crippen molar-refractivity contribution in [2.75, 3.05) is 12.4 Å². The van der Waals surface area contributed by atoms with Gasteiger partial charge in [0.2, 0.25) is 0 Å². The van der Waals surface area contributed by atoms with Crippen molar-refractivity contribution in [2.45, 2.75) is 26.2 Å². The number of rotatable bonds is 5. The highest BCUT2D eigenvalue weighted by Crippen LogP contribution is 2.27. The predicted molar refractivity (Wildman–Crippen MR) is 114 cm³/mol. The van der Waals surface area contributed by atoms with Crippen molar-refractivity contribution in [3.8, 4) is 23.0 Å². The monoisotopic (exact) mass is 418 g/mol. The second kappa shape index (κ2) is 8.02. The molecule has 0 aliphatic heterocycles. The lowest BCUT2D eigenvalue weighted by Gasteiger charge is -2.11. The number of nitrogens with one attached hydrogen (secondary N) is 1. The van der Waals surface area contributed by atoms with E-state index in [1.54, 1.807) is 54.4 Å². The largest absolute Gasteiger partial charge is 0.497 e. The van der Waals surface area contributed by atoms with Gasteiger partial charge in [0, 0.05) is 29.6 Å². The second-order valence-corrected chi connectivity index (χ2v) is 7.90. The molecule has 3 aromatic heterocycles. The summed E-state index contributed by atoms with van der Waals surface area (Å²) in [6.45, 7) is 6.03. The van der Waals surface area contributed by atoms with Crippen molar-refractivity contribution < 1.29 is 14.1 Å². The third-order valence-electron chi connectivity index (χ3n) is 4.50. The van der Waals surface area contributed by atoms with E-state index < -0.39 is 0 Å². The number of benzene rings is 1. The lowest BCUT2D eigenvalue weighted by atomic mass is 9.96. The zero-order valence-corrected chi connectivity index (χ0v) is 17.7. The maximum atomic E-state index is 12.6. The van der Waals surface area contributed by atoms with Gasteiger partial charge in [0.05, 0.1) is 12.7 Å². The van der Waals surface area contributed by atoms with Gasteiger partial charge in [0.15, 0.2) is 11.6 Å². The molecule has 4 rings (SSSR count). The molecule has 0 spiro atoms. The summed E-state index contributed by atoms with van der Waals surface area (Å²) in [5.74, 6) is 1.78. The van der Waals surface area contributed by atoms with Crippen LogP contribution in [0.15, 0.2) is 59.6 Å². The molecule has 0 atom stereocenters. The van der Waals surface area contributed by atoms with E-state index in [0.29, 0.717) is 34.5 Å². The van der Waals surface area contributed by atoms with E-state index in [0.717, 1.165) is 0 Å². The van der Waals surface area contributed by atoms with Gasteiger partial charge in [-0.25, -0.2) is 9.97 Å². The van der Waals surface area contributed by atoms with Crippen molar-refractivity contribution >= 4 is 11.6 Å². The first-order valence-electron chi connectivity index (χ1n) is 9.64. The van der Waals surface area contributed by atoms with E-state index in [4.69, 9.17) is 9.26 Å². The molecule has 0 aliphatic rings. The number of imidazole rings is 1. The van der Waals surface area contributed by atoms with Crippen molar-refractivity contribution in [3.63, 3.8) is 0 Å². The molecular formula is C22H22N6O3. The van der Waals surface area contributed by atoms with Crippen molar-refractivity contribution in [1.82, 2.24) is 24.7 Å². The smallest absolute Gasteiger partial charge is 0.275 e. The summed E-state index contributed by atoms with van der Waals surface area (Å²) in [6.07, 6.45) is 4.77. The van der Waals surface area contributed by atoms with Crippen LogP contribution in [0.4, 0.5) is 5.69 Å². The normalized spacial score (nSPS) is 11.4. The maximum Gasteiger partial charge on any atom is 0.275 e. The van der Waals surface area contributed by atoms with Crippen LogP contribution in [0.25, 0.3) is 17.3 Å². The molecule has 0 unspecified atom stereocenters.